The van der Waals surface area contributed by atoms with Crippen molar-refractivity contribution < 1.29 is 78.8 Å². The number of hydrogen-bond donors (Lipinski definition) is 9. The summed E-state index contributed by atoms with van der Waals surface area (Å²) in [6.07, 6.45) is -3.89. The Bertz CT molecular complexity index is 2620. The molecule has 1 saturated heterocycles. The van der Waals surface area contributed by atoms with E-state index in [-0.39, 0.29) is 36.4 Å². The summed E-state index contributed by atoms with van der Waals surface area (Å²) >= 11 is 0. The van der Waals surface area contributed by atoms with Crippen molar-refractivity contribution in [2.24, 2.45) is 29.6 Å². The molecule has 0 radical (unpaired) electrons. The van der Waals surface area contributed by atoms with Crippen LogP contribution < -0.4 is 31.9 Å². The first-order valence-corrected chi connectivity index (χ1v) is 29.3. The molecule has 25 nitrogen and oxygen atoms in total. The van der Waals surface area contributed by atoms with Crippen molar-refractivity contribution in [3.8, 4) is 0 Å². The van der Waals surface area contributed by atoms with Crippen molar-refractivity contribution in [1.82, 2.24) is 41.3 Å². The molecule has 9 amide bonds. The first kappa shape index (κ1) is 71.3. The van der Waals surface area contributed by atoms with Gasteiger partial charge in [0.2, 0.25) is 47.3 Å². The fourth-order valence-electron chi connectivity index (χ4n) is 10.5. The quantitative estimate of drug-likeness (QED) is 0.0486. The average molecular weight is 1210 g/mol. The van der Waals surface area contributed by atoms with Crippen molar-refractivity contribution in [2.75, 3.05) is 53.3 Å². The number of carboxylic acid groups (broad SMARTS) is 1. The van der Waals surface area contributed by atoms with E-state index in [1.54, 1.807) is 91.6 Å². The van der Waals surface area contributed by atoms with E-state index >= 15 is 0 Å². The van der Waals surface area contributed by atoms with Gasteiger partial charge in [0, 0.05) is 48.3 Å². The second-order valence-corrected chi connectivity index (χ2v) is 23.1. The number of aliphatic hydroxyl groups is 2. The summed E-state index contributed by atoms with van der Waals surface area (Å²) in [7, 11) is 6.03. The van der Waals surface area contributed by atoms with Crippen molar-refractivity contribution in [3.63, 3.8) is 0 Å². The molecule has 0 aliphatic carbocycles. The number of amides is 9. The minimum absolute atomic E-state index is 0.0978. The highest BCUT2D eigenvalue weighted by atomic mass is 16.6. The number of carbonyl (C=O) groups is 10. The number of carbonyl (C=O) groups excluding carboxylic acids is 9. The van der Waals surface area contributed by atoms with Crippen LogP contribution in [-0.2, 0) is 64.0 Å². The van der Waals surface area contributed by atoms with Gasteiger partial charge < -0.3 is 71.2 Å². The van der Waals surface area contributed by atoms with E-state index in [0.717, 1.165) is 4.90 Å². The number of likely N-dealkylation sites (N-methyl/N-ethyl adjacent to an activating group) is 2. The van der Waals surface area contributed by atoms with Gasteiger partial charge in [-0.05, 0) is 66.7 Å². The topological polar surface area (TPSA) is 341 Å². The molecule has 1 aliphatic rings. The molecule has 0 bridgehead atoms. The summed E-state index contributed by atoms with van der Waals surface area (Å²) in [5.41, 5.74) is 1.39. The summed E-state index contributed by atoms with van der Waals surface area (Å²) in [5, 5.41) is 45.1. The van der Waals surface area contributed by atoms with Gasteiger partial charge >= 0.3 is 12.1 Å². The van der Waals surface area contributed by atoms with E-state index in [2.05, 4.69) is 31.9 Å². The maximum Gasteiger partial charge on any atom is 0.410 e. The molecule has 480 valence electrons. The highest BCUT2D eigenvalue weighted by molar-refractivity contribution is 5.99. The maximum absolute atomic E-state index is 14.7. The Morgan fingerprint density at radius 2 is 1.37 bits per heavy atom. The number of methoxy groups -OCH3 is 2. The van der Waals surface area contributed by atoms with Gasteiger partial charge in [-0.1, -0.05) is 111 Å². The van der Waals surface area contributed by atoms with E-state index in [9.17, 15) is 58.2 Å². The van der Waals surface area contributed by atoms with Gasteiger partial charge in [-0.2, -0.15) is 0 Å². The van der Waals surface area contributed by atoms with Crippen LogP contribution in [0.15, 0.2) is 54.6 Å². The number of nitrogens with zero attached hydrogens (tertiary/aromatic N) is 3. The van der Waals surface area contributed by atoms with E-state index in [4.69, 9.17) is 20.7 Å². The molecule has 1 unspecified atom stereocenters. The van der Waals surface area contributed by atoms with Gasteiger partial charge in [0.25, 0.3) is 0 Å². The molecule has 1 fully saturated rings. The maximum atomic E-state index is 14.7. The van der Waals surface area contributed by atoms with Crippen molar-refractivity contribution in [2.45, 2.75) is 175 Å². The number of aliphatic hydroxyl groups excluding tert-OH is 2. The highest BCUT2D eigenvalue weighted by Crippen LogP contribution is 2.30. The standard InChI is InChI=1S/C61H95N9O16/c1-15-37(8)53(45(84-13)30-48(74)70-29-19-22-44(70)55(85-14)38(9)56(78)63-39(10)54(77)41-20-17-16-18-21-41)68(11)60(82)51(35(4)5)67-59(81)52(36(6)7)69(12)61(83)86-33-40-23-25-42(26-24-40)64-57(79)43(32-71)65-58(80)50(34(2)3)66-47(73)31-62-46(72)27-28-49(75)76/h16-18,20-21,23-26,34-39,43-45,50-55,71,77H,15,19,22,27-33H2,1-14H3,(H,62,72)(H,63,78)(H,64,79)(H,65,80)(H,66,73)(H,67,81)(H,75,76)/t37-,38+,39+,43-,44-,45+,50-,51-,52-,53-,54+,55+/m0/s1/i27T/t27?,37-,38+,39+,43-,44-,45+,50-,51-,52-,53-,54+,55+. The summed E-state index contributed by atoms with van der Waals surface area (Å²) in [4.78, 5) is 137. The summed E-state index contributed by atoms with van der Waals surface area (Å²) in [5.74, 6) is -8.73. The predicted octanol–water partition coefficient (Wildman–Crippen LogP) is 3.12. The molecule has 9 N–H and O–H groups in total. The number of nitrogens with one attached hydrogen (secondary N) is 6. The molecular weight excluding hydrogens is 1110 g/mol. The summed E-state index contributed by atoms with van der Waals surface area (Å²) in [6.45, 7) is 16.3. The Labute approximate surface area is 507 Å². The lowest BCUT2D eigenvalue weighted by atomic mass is 9.89. The third-order valence-electron chi connectivity index (χ3n) is 15.6. The van der Waals surface area contributed by atoms with Crippen LogP contribution in [0, 0.1) is 29.6 Å². The number of anilines is 1. The fraction of sp³-hybridized carbons (Fsp3) is 0.639. The Morgan fingerprint density at radius 3 is 1.92 bits per heavy atom. The van der Waals surface area contributed by atoms with Gasteiger partial charge in [0.1, 0.15) is 30.8 Å². The van der Waals surface area contributed by atoms with Crippen LogP contribution in [0.1, 0.15) is 126 Å². The van der Waals surface area contributed by atoms with Crippen molar-refractivity contribution in [3.05, 3.63) is 65.7 Å². The molecule has 13 atom stereocenters. The third kappa shape index (κ3) is 21.3. The number of aliphatic carboxylic acids is 1. The minimum Gasteiger partial charge on any atom is -0.481 e. The third-order valence-corrected chi connectivity index (χ3v) is 15.6. The largest absolute Gasteiger partial charge is 0.481 e. The van der Waals surface area contributed by atoms with Crippen molar-refractivity contribution in [1.29, 1.82) is 0 Å². The Balaban J connectivity index is 1.66. The zero-order chi connectivity index (χ0) is 65.6. The number of rotatable bonds is 34. The highest BCUT2D eigenvalue weighted by Gasteiger charge is 2.44. The minimum atomic E-state index is -1.65. The molecule has 1 heterocycles. The first-order chi connectivity index (χ1) is 40.9. The number of hydrogen-bond acceptors (Lipinski definition) is 15. The lowest BCUT2D eigenvalue weighted by Crippen LogP contribution is -2.60. The van der Waals surface area contributed by atoms with Gasteiger partial charge in [0.05, 0.1) is 68.3 Å². The zero-order valence-corrected chi connectivity index (χ0v) is 52.3. The average Bonchev–Trinajstić information content (AvgIpc) is 2.50. The molecule has 3 rings (SSSR count). The van der Waals surface area contributed by atoms with Crippen LogP contribution in [0.4, 0.5) is 10.5 Å². The molecule has 25 heteroatoms. The SMILES string of the molecule is [3H]C(CC(=O)O)C(=O)NCC(=O)N[C@H](C(=O)N[C@@H](CO)C(=O)Nc1ccc(COC(=O)N(C)[C@H](C(=O)N[C@H](C(=O)N(C)[C@@H]([C@@H](C)CC)[C@@H](CC(=O)N2CCC[C@H]2[C@H](OC)[C@@H](C)C(=O)N[C@H](C)[C@@H](O)c2ccccc2)OC)C(C)C)C(C)C)cc1)C(C)C. The molecule has 0 spiro atoms. The summed E-state index contributed by atoms with van der Waals surface area (Å²) < 4.78 is 25.2. The Kier molecular flexibility index (Phi) is 29.3. The number of benzene rings is 2. The molecule has 2 aromatic carbocycles. The second kappa shape index (κ2) is 35.4. The van der Waals surface area contributed by atoms with Crippen LogP contribution in [0.2, 0.25) is 0 Å². The van der Waals surface area contributed by atoms with E-state index in [1.165, 1.54) is 38.3 Å². The smallest absolute Gasteiger partial charge is 0.410 e. The lowest BCUT2D eigenvalue weighted by molar-refractivity contribution is -0.148. The van der Waals surface area contributed by atoms with Gasteiger partial charge in [-0.3, -0.25) is 48.1 Å². The second-order valence-electron chi connectivity index (χ2n) is 23.1. The molecule has 1 aliphatic heterocycles. The lowest BCUT2D eigenvalue weighted by Gasteiger charge is -2.41. The first-order valence-electron chi connectivity index (χ1n) is 29.9. The van der Waals surface area contributed by atoms with Crippen LogP contribution >= 0.6 is 0 Å². The van der Waals surface area contributed by atoms with Gasteiger partial charge in [0.15, 0.2) is 0 Å². The van der Waals surface area contributed by atoms with Crippen LogP contribution in [-0.4, -0.2) is 192 Å². The van der Waals surface area contributed by atoms with Crippen LogP contribution in [0.5, 0.6) is 0 Å². The number of ether oxygens (including phenoxy) is 3. The Hall–Kier alpha value is -7.22. The number of carboxylic acids is 1. The van der Waals surface area contributed by atoms with Crippen LogP contribution in [0.3, 0.4) is 0 Å². The van der Waals surface area contributed by atoms with E-state index < -0.39 is 158 Å². The molecule has 0 saturated carbocycles. The van der Waals surface area contributed by atoms with Crippen molar-refractivity contribution >= 4 is 65.0 Å². The molecule has 86 heavy (non-hydrogen) atoms. The zero-order valence-electron chi connectivity index (χ0n) is 53.3. The van der Waals surface area contributed by atoms with E-state index in [1.807, 2.05) is 32.0 Å². The van der Waals surface area contributed by atoms with Gasteiger partial charge in [-0.25, -0.2) is 4.79 Å². The molecule has 0 aromatic heterocycles. The molecular formula is C61H95N9O16. The summed E-state index contributed by atoms with van der Waals surface area (Å²) in [6, 6.07) is 8.57. The monoisotopic (exact) mass is 1210 g/mol. The number of likely N-dealkylation sites (tertiary alicyclic amines) is 1. The van der Waals surface area contributed by atoms with E-state index in [0.29, 0.717) is 36.9 Å². The fourth-order valence-corrected chi connectivity index (χ4v) is 10.5. The predicted molar refractivity (Wildman–Crippen MR) is 319 cm³/mol. The normalized spacial score (nSPS) is 17.6. The van der Waals surface area contributed by atoms with Crippen LogP contribution in [0.25, 0.3) is 0 Å². The molecule has 2 aromatic rings. The van der Waals surface area contributed by atoms with Gasteiger partial charge in [-0.15, -0.1) is 0 Å². The Morgan fingerprint density at radius 1 is 0.744 bits per heavy atom.